The Morgan fingerprint density at radius 1 is 1.08 bits per heavy atom. The molecule has 24 heavy (non-hydrogen) atoms. The molecule has 0 spiro atoms. The summed E-state index contributed by atoms with van der Waals surface area (Å²) >= 11 is 5.84. The van der Waals surface area contributed by atoms with E-state index < -0.39 is 0 Å². The number of aromatic nitrogens is 1. The van der Waals surface area contributed by atoms with Crippen molar-refractivity contribution in [1.29, 1.82) is 0 Å². The van der Waals surface area contributed by atoms with Crippen LogP contribution in [-0.2, 0) is 17.8 Å². The van der Waals surface area contributed by atoms with Gasteiger partial charge in [0.1, 0.15) is 12.0 Å². The number of benzene rings is 2. The topological polar surface area (TPSA) is 55.1 Å². The Kier molecular flexibility index (Phi) is 5.29. The van der Waals surface area contributed by atoms with Crippen molar-refractivity contribution in [3.63, 3.8) is 0 Å². The van der Waals surface area contributed by atoms with Gasteiger partial charge in [-0.25, -0.2) is 0 Å². The zero-order valence-corrected chi connectivity index (χ0v) is 13.8. The summed E-state index contributed by atoms with van der Waals surface area (Å²) in [5.74, 6) is -0.00911. The lowest BCUT2D eigenvalue weighted by Gasteiger charge is -2.05. The van der Waals surface area contributed by atoms with Crippen LogP contribution in [0.1, 0.15) is 17.5 Å². The van der Waals surface area contributed by atoms with Crippen molar-refractivity contribution < 1.29 is 9.32 Å². The number of nitrogens with one attached hydrogen (secondary N) is 1. The molecule has 1 aromatic heterocycles. The summed E-state index contributed by atoms with van der Waals surface area (Å²) in [6, 6.07) is 17.2. The van der Waals surface area contributed by atoms with Gasteiger partial charge < -0.3 is 9.84 Å². The first kappa shape index (κ1) is 16.3. The number of aryl methyl sites for hydroxylation is 1. The van der Waals surface area contributed by atoms with Gasteiger partial charge in [-0.2, -0.15) is 0 Å². The maximum atomic E-state index is 12.0. The Balaban J connectivity index is 1.54. The van der Waals surface area contributed by atoms with E-state index in [0.29, 0.717) is 24.4 Å². The van der Waals surface area contributed by atoms with Crippen molar-refractivity contribution in [2.75, 3.05) is 0 Å². The third-order valence-corrected chi connectivity index (χ3v) is 3.97. The number of amides is 1. The lowest BCUT2D eigenvalue weighted by molar-refractivity contribution is -0.121. The molecule has 0 unspecified atom stereocenters. The fourth-order valence-electron chi connectivity index (χ4n) is 2.41. The SMILES string of the molecule is O=C(CCc1conc1-c1ccccc1)NCc1ccc(Cl)cc1. The largest absolute Gasteiger partial charge is 0.364 e. The second kappa shape index (κ2) is 7.79. The van der Waals surface area contributed by atoms with Gasteiger partial charge in [0.15, 0.2) is 0 Å². The molecule has 0 fully saturated rings. The van der Waals surface area contributed by atoms with Crippen molar-refractivity contribution in [3.05, 3.63) is 77.0 Å². The van der Waals surface area contributed by atoms with Crippen LogP contribution in [0.3, 0.4) is 0 Å². The Morgan fingerprint density at radius 2 is 1.83 bits per heavy atom. The minimum absolute atomic E-state index is 0.00911. The van der Waals surface area contributed by atoms with Crippen molar-refractivity contribution in [3.8, 4) is 11.3 Å². The van der Waals surface area contributed by atoms with Gasteiger partial charge in [0.25, 0.3) is 0 Å². The molecule has 5 heteroatoms. The number of carbonyl (C=O) groups is 1. The number of nitrogens with zero attached hydrogens (tertiary/aromatic N) is 1. The van der Waals surface area contributed by atoms with Gasteiger partial charge in [0.05, 0.1) is 0 Å². The van der Waals surface area contributed by atoms with Crippen LogP contribution >= 0.6 is 11.6 Å². The Morgan fingerprint density at radius 3 is 2.58 bits per heavy atom. The van der Waals surface area contributed by atoms with E-state index in [2.05, 4.69) is 10.5 Å². The van der Waals surface area contributed by atoms with Crippen molar-refractivity contribution in [2.24, 2.45) is 0 Å². The highest BCUT2D eigenvalue weighted by molar-refractivity contribution is 6.30. The molecule has 122 valence electrons. The fourth-order valence-corrected chi connectivity index (χ4v) is 2.53. The molecule has 0 aliphatic rings. The molecule has 4 nitrogen and oxygen atoms in total. The molecule has 0 aliphatic carbocycles. The molecule has 0 radical (unpaired) electrons. The summed E-state index contributed by atoms with van der Waals surface area (Å²) in [7, 11) is 0. The second-order valence-corrected chi connectivity index (χ2v) is 5.89. The van der Waals surface area contributed by atoms with Crippen LogP contribution in [0.15, 0.2) is 65.4 Å². The average molecular weight is 341 g/mol. The third kappa shape index (κ3) is 4.24. The predicted octanol–water partition coefficient (Wildman–Crippen LogP) is 4.24. The van der Waals surface area contributed by atoms with Crippen LogP contribution in [0.25, 0.3) is 11.3 Å². The predicted molar refractivity (Wildman–Crippen MR) is 93.6 cm³/mol. The van der Waals surface area contributed by atoms with E-state index >= 15 is 0 Å². The van der Waals surface area contributed by atoms with Crippen molar-refractivity contribution in [2.45, 2.75) is 19.4 Å². The van der Waals surface area contributed by atoms with Gasteiger partial charge in [-0.1, -0.05) is 59.2 Å². The van der Waals surface area contributed by atoms with Gasteiger partial charge >= 0.3 is 0 Å². The van der Waals surface area contributed by atoms with Gasteiger partial charge in [0, 0.05) is 29.1 Å². The lowest BCUT2D eigenvalue weighted by Crippen LogP contribution is -2.22. The van der Waals surface area contributed by atoms with E-state index in [0.717, 1.165) is 22.4 Å². The molecule has 0 atom stereocenters. The molecule has 1 N–H and O–H groups in total. The van der Waals surface area contributed by atoms with E-state index in [1.54, 1.807) is 6.26 Å². The molecular weight excluding hydrogens is 324 g/mol. The van der Waals surface area contributed by atoms with Gasteiger partial charge in [0.2, 0.25) is 5.91 Å². The standard InChI is InChI=1S/C19H17ClN2O2/c20-17-9-6-14(7-10-17)12-21-18(23)11-8-16-13-24-22-19(16)15-4-2-1-3-5-15/h1-7,9-10,13H,8,11-12H2,(H,21,23). The van der Waals surface area contributed by atoms with Crippen LogP contribution in [0.4, 0.5) is 0 Å². The minimum Gasteiger partial charge on any atom is -0.364 e. The third-order valence-electron chi connectivity index (χ3n) is 3.71. The highest BCUT2D eigenvalue weighted by Gasteiger charge is 2.11. The molecule has 0 aliphatic heterocycles. The smallest absolute Gasteiger partial charge is 0.220 e. The zero-order chi connectivity index (χ0) is 16.8. The molecule has 1 amide bonds. The quantitative estimate of drug-likeness (QED) is 0.730. The van der Waals surface area contributed by atoms with Crippen LogP contribution in [0.5, 0.6) is 0 Å². The highest BCUT2D eigenvalue weighted by atomic mass is 35.5. The average Bonchev–Trinajstić information content (AvgIpc) is 3.09. The van der Waals surface area contributed by atoms with E-state index in [1.807, 2.05) is 54.6 Å². The normalized spacial score (nSPS) is 10.5. The lowest BCUT2D eigenvalue weighted by atomic mass is 10.0. The highest BCUT2D eigenvalue weighted by Crippen LogP contribution is 2.22. The second-order valence-electron chi connectivity index (χ2n) is 5.46. The summed E-state index contributed by atoms with van der Waals surface area (Å²) < 4.78 is 5.08. The minimum atomic E-state index is -0.00911. The summed E-state index contributed by atoms with van der Waals surface area (Å²) in [6.45, 7) is 0.491. The fraction of sp³-hybridized carbons (Fsp3) is 0.158. The first-order chi connectivity index (χ1) is 11.7. The van der Waals surface area contributed by atoms with Crippen LogP contribution in [0.2, 0.25) is 5.02 Å². The molecule has 1 heterocycles. The van der Waals surface area contributed by atoms with E-state index in [-0.39, 0.29) is 5.91 Å². The Labute approximate surface area is 145 Å². The molecule has 0 bridgehead atoms. The number of hydrogen-bond donors (Lipinski definition) is 1. The molecule has 0 saturated carbocycles. The summed E-state index contributed by atoms with van der Waals surface area (Å²) in [5.41, 5.74) is 3.73. The maximum absolute atomic E-state index is 12.0. The number of carbonyl (C=O) groups excluding carboxylic acids is 1. The monoisotopic (exact) mass is 340 g/mol. The molecule has 2 aromatic carbocycles. The first-order valence-electron chi connectivity index (χ1n) is 7.72. The molecular formula is C19H17ClN2O2. The summed E-state index contributed by atoms with van der Waals surface area (Å²) in [5, 5.41) is 7.64. The van der Waals surface area contributed by atoms with Gasteiger partial charge in [-0.05, 0) is 24.1 Å². The summed E-state index contributed by atoms with van der Waals surface area (Å²) in [4.78, 5) is 12.0. The zero-order valence-electron chi connectivity index (χ0n) is 13.0. The Hall–Kier alpha value is -2.59. The van der Waals surface area contributed by atoms with E-state index in [9.17, 15) is 4.79 Å². The van der Waals surface area contributed by atoms with E-state index in [4.69, 9.17) is 16.1 Å². The van der Waals surface area contributed by atoms with Crippen molar-refractivity contribution >= 4 is 17.5 Å². The van der Waals surface area contributed by atoms with Crippen molar-refractivity contribution in [1.82, 2.24) is 10.5 Å². The first-order valence-corrected chi connectivity index (χ1v) is 8.10. The van der Waals surface area contributed by atoms with E-state index in [1.165, 1.54) is 0 Å². The Bertz CT molecular complexity index is 798. The molecule has 3 aromatic rings. The molecule has 0 saturated heterocycles. The number of rotatable bonds is 6. The molecule has 3 rings (SSSR count). The van der Waals surface area contributed by atoms with Crippen LogP contribution < -0.4 is 5.32 Å². The maximum Gasteiger partial charge on any atom is 0.220 e. The van der Waals surface area contributed by atoms with Crippen LogP contribution in [0, 0.1) is 0 Å². The summed E-state index contributed by atoms with van der Waals surface area (Å²) in [6.07, 6.45) is 2.57. The van der Waals surface area contributed by atoms with Gasteiger partial charge in [-0.3, -0.25) is 4.79 Å². The van der Waals surface area contributed by atoms with Gasteiger partial charge in [-0.15, -0.1) is 0 Å². The number of halogens is 1. The van der Waals surface area contributed by atoms with Crippen LogP contribution in [-0.4, -0.2) is 11.1 Å². The number of hydrogen-bond acceptors (Lipinski definition) is 3.